The molecule has 3 heteroatoms. The number of carbonyl (C=O) groups is 1. The van der Waals surface area contributed by atoms with E-state index < -0.39 is 0 Å². The van der Waals surface area contributed by atoms with E-state index in [1.54, 1.807) is 0 Å². The van der Waals surface area contributed by atoms with E-state index in [9.17, 15) is 4.79 Å². The smallest absolute Gasteiger partial charge is 0.307 e. The zero-order valence-corrected chi connectivity index (χ0v) is 7.73. The van der Waals surface area contributed by atoms with Gasteiger partial charge in [-0.2, -0.15) is 0 Å². The van der Waals surface area contributed by atoms with Crippen LogP contribution in [0.15, 0.2) is 0 Å². The fourth-order valence-corrected chi connectivity index (χ4v) is 0.781. The van der Waals surface area contributed by atoms with E-state index in [1.807, 2.05) is 20.9 Å². The Morgan fingerprint density at radius 3 is 2.45 bits per heavy atom. The van der Waals surface area contributed by atoms with Crippen LogP contribution >= 0.6 is 0 Å². The Morgan fingerprint density at radius 1 is 1.64 bits per heavy atom. The average molecular weight is 159 g/mol. The Labute approximate surface area is 68.1 Å². The van der Waals surface area contributed by atoms with Crippen molar-refractivity contribution in [3.63, 3.8) is 0 Å². The molecule has 0 saturated heterocycles. The van der Waals surface area contributed by atoms with Gasteiger partial charge in [-0.1, -0.05) is 6.92 Å². The molecule has 0 radical (unpaired) electrons. The van der Waals surface area contributed by atoms with Gasteiger partial charge in [0, 0.05) is 5.54 Å². The molecule has 0 rings (SSSR count). The van der Waals surface area contributed by atoms with Crippen molar-refractivity contribution in [3.8, 4) is 0 Å². The predicted octanol–water partition coefficient (Wildman–Crippen LogP) is 0.938. The van der Waals surface area contributed by atoms with Crippen LogP contribution in [0, 0.1) is 0 Å². The van der Waals surface area contributed by atoms with E-state index >= 15 is 0 Å². The molecule has 0 aromatic rings. The molecule has 0 aliphatic carbocycles. The summed E-state index contributed by atoms with van der Waals surface area (Å²) in [6.07, 6.45) is 1.34. The fraction of sp³-hybridized carbons (Fsp3) is 0.875. The molecule has 66 valence electrons. The SMILES string of the molecule is CCC(C)(CC(=O)OC)NC. The number of nitrogens with one attached hydrogen (secondary N) is 1. The highest BCUT2D eigenvalue weighted by molar-refractivity contribution is 5.70. The molecular formula is C8H17NO2. The van der Waals surface area contributed by atoms with Gasteiger partial charge in [0.05, 0.1) is 13.5 Å². The van der Waals surface area contributed by atoms with Crippen LogP contribution in [0.1, 0.15) is 26.7 Å². The van der Waals surface area contributed by atoms with Gasteiger partial charge in [-0.15, -0.1) is 0 Å². The molecule has 0 heterocycles. The first-order chi connectivity index (χ1) is 5.08. The maximum absolute atomic E-state index is 10.9. The number of rotatable bonds is 4. The Kier molecular flexibility index (Phi) is 4.11. The summed E-state index contributed by atoms with van der Waals surface area (Å²) in [7, 11) is 3.26. The van der Waals surface area contributed by atoms with Crippen molar-refractivity contribution in [2.75, 3.05) is 14.2 Å². The third kappa shape index (κ3) is 3.37. The molecule has 0 spiro atoms. The highest BCUT2D eigenvalue weighted by atomic mass is 16.5. The molecular weight excluding hydrogens is 142 g/mol. The van der Waals surface area contributed by atoms with Crippen molar-refractivity contribution >= 4 is 5.97 Å². The van der Waals surface area contributed by atoms with Crippen molar-refractivity contribution in [2.24, 2.45) is 0 Å². The Hall–Kier alpha value is -0.570. The number of esters is 1. The van der Waals surface area contributed by atoms with Gasteiger partial charge in [0.25, 0.3) is 0 Å². The minimum Gasteiger partial charge on any atom is -0.469 e. The molecule has 0 aromatic carbocycles. The summed E-state index contributed by atoms with van der Waals surface area (Å²) in [5.41, 5.74) is -0.118. The highest BCUT2D eigenvalue weighted by Crippen LogP contribution is 2.13. The van der Waals surface area contributed by atoms with Gasteiger partial charge in [-0.25, -0.2) is 0 Å². The van der Waals surface area contributed by atoms with Crippen molar-refractivity contribution in [2.45, 2.75) is 32.2 Å². The first kappa shape index (κ1) is 10.4. The summed E-state index contributed by atoms with van der Waals surface area (Å²) in [4.78, 5) is 10.9. The standard InChI is InChI=1S/C8H17NO2/c1-5-8(2,9-3)6-7(10)11-4/h9H,5-6H2,1-4H3. The first-order valence-electron chi connectivity index (χ1n) is 3.83. The third-order valence-electron chi connectivity index (χ3n) is 2.15. The zero-order chi connectivity index (χ0) is 8.91. The van der Waals surface area contributed by atoms with Crippen molar-refractivity contribution in [3.05, 3.63) is 0 Å². The Balaban J connectivity index is 3.96. The van der Waals surface area contributed by atoms with Crippen LogP contribution in [0.3, 0.4) is 0 Å². The van der Waals surface area contributed by atoms with E-state index in [0.29, 0.717) is 6.42 Å². The summed E-state index contributed by atoms with van der Waals surface area (Å²) < 4.78 is 4.57. The van der Waals surface area contributed by atoms with Crippen LogP contribution in [0.25, 0.3) is 0 Å². The number of ether oxygens (including phenoxy) is 1. The van der Waals surface area contributed by atoms with Crippen LogP contribution in [-0.2, 0) is 9.53 Å². The first-order valence-corrected chi connectivity index (χ1v) is 3.83. The van der Waals surface area contributed by atoms with Crippen molar-refractivity contribution < 1.29 is 9.53 Å². The molecule has 0 aliphatic rings. The molecule has 1 N–H and O–H groups in total. The van der Waals surface area contributed by atoms with Gasteiger partial charge in [0.15, 0.2) is 0 Å². The van der Waals surface area contributed by atoms with Gasteiger partial charge in [0.2, 0.25) is 0 Å². The van der Waals surface area contributed by atoms with Crippen LogP contribution in [0.4, 0.5) is 0 Å². The largest absolute Gasteiger partial charge is 0.469 e. The second kappa shape index (κ2) is 4.34. The minimum atomic E-state index is -0.163. The predicted molar refractivity (Wildman–Crippen MR) is 44.4 cm³/mol. The van der Waals surface area contributed by atoms with Gasteiger partial charge >= 0.3 is 5.97 Å². The van der Waals surface area contributed by atoms with Crippen LogP contribution in [0.5, 0.6) is 0 Å². The topological polar surface area (TPSA) is 38.3 Å². The van der Waals surface area contributed by atoms with Crippen LogP contribution in [0.2, 0.25) is 0 Å². The van der Waals surface area contributed by atoms with E-state index in [-0.39, 0.29) is 11.5 Å². The molecule has 0 amide bonds. The molecule has 3 nitrogen and oxygen atoms in total. The third-order valence-corrected chi connectivity index (χ3v) is 2.15. The molecule has 0 saturated carbocycles. The van der Waals surface area contributed by atoms with Crippen LogP contribution in [-0.4, -0.2) is 25.7 Å². The Bertz CT molecular complexity index is 130. The summed E-state index contributed by atoms with van der Waals surface area (Å²) in [5.74, 6) is -0.163. The van der Waals surface area contributed by atoms with Gasteiger partial charge in [0.1, 0.15) is 0 Å². The lowest BCUT2D eigenvalue weighted by atomic mass is 9.95. The lowest BCUT2D eigenvalue weighted by Gasteiger charge is -2.25. The zero-order valence-electron chi connectivity index (χ0n) is 7.73. The Morgan fingerprint density at radius 2 is 2.18 bits per heavy atom. The van der Waals surface area contributed by atoms with E-state index in [2.05, 4.69) is 10.1 Å². The second-order valence-electron chi connectivity index (χ2n) is 2.92. The van der Waals surface area contributed by atoms with Crippen molar-refractivity contribution in [1.29, 1.82) is 0 Å². The fourth-order valence-electron chi connectivity index (χ4n) is 0.781. The molecule has 1 atom stereocenters. The molecule has 1 unspecified atom stereocenters. The molecule has 0 fully saturated rings. The molecule has 11 heavy (non-hydrogen) atoms. The van der Waals surface area contributed by atoms with Crippen LogP contribution < -0.4 is 5.32 Å². The maximum Gasteiger partial charge on any atom is 0.307 e. The molecule has 0 aliphatic heterocycles. The van der Waals surface area contributed by atoms with Gasteiger partial charge in [-0.05, 0) is 20.4 Å². The number of carbonyl (C=O) groups excluding carboxylic acids is 1. The molecule has 0 aromatic heterocycles. The quantitative estimate of drug-likeness (QED) is 0.620. The van der Waals surface area contributed by atoms with E-state index in [1.165, 1.54) is 7.11 Å². The van der Waals surface area contributed by atoms with E-state index in [0.717, 1.165) is 6.42 Å². The highest BCUT2D eigenvalue weighted by Gasteiger charge is 2.23. The summed E-state index contributed by atoms with van der Waals surface area (Å²) in [6, 6.07) is 0. The monoisotopic (exact) mass is 159 g/mol. The molecule has 0 bridgehead atoms. The number of methoxy groups -OCH3 is 1. The summed E-state index contributed by atoms with van der Waals surface area (Å²) in [6.45, 7) is 4.04. The lowest BCUT2D eigenvalue weighted by molar-refractivity contribution is -0.142. The summed E-state index contributed by atoms with van der Waals surface area (Å²) in [5, 5.41) is 3.09. The maximum atomic E-state index is 10.9. The number of hydrogen-bond donors (Lipinski definition) is 1. The number of hydrogen-bond acceptors (Lipinski definition) is 3. The lowest BCUT2D eigenvalue weighted by Crippen LogP contribution is -2.41. The van der Waals surface area contributed by atoms with Gasteiger partial charge < -0.3 is 10.1 Å². The summed E-state index contributed by atoms with van der Waals surface area (Å²) >= 11 is 0. The minimum absolute atomic E-state index is 0.118. The average Bonchev–Trinajstić information content (AvgIpc) is 2.04. The normalized spacial score (nSPS) is 15.6. The van der Waals surface area contributed by atoms with Gasteiger partial charge in [-0.3, -0.25) is 4.79 Å². The second-order valence-corrected chi connectivity index (χ2v) is 2.92. The van der Waals surface area contributed by atoms with E-state index in [4.69, 9.17) is 0 Å². The van der Waals surface area contributed by atoms with Crippen molar-refractivity contribution in [1.82, 2.24) is 5.32 Å².